The maximum atomic E-state index is 13.3. The lowest BCUT2D eigenvalue weighted by molar-refractivity contribution is 0.422. The lowest BCUT2D eigenvalue weighted by Crippen LogP contribution is -2.38. The van der Waals surface area contributed by atoms with Crippen molar-refractivity contribution in [2.75, 3.05) is 24.6 Å². The molecule has 1 heterocycles. The number of nitrogens with zero attached hydrogens (tertiary/aromatic N) is 1. The van der Waals surface area contributed by atoms with Crippen LogP contribution in [0, 0.1) is 6.92 Å². The SMILES string of the molecule is Cc1ccc(S(=O)(=O)N2CCC(CSc3ccccc3)=C(CSc3ccccc3)C2)cc1. The van der Waals surface area contributed by atoms with Gasteiger partial charge in [0.1, 0.15) is 0 Å². The number of hydrogen-bond donors (Lipinski definition) is 0. The summed E-state index contributed by atoms with van der Waals surface area (Å²) in [6, 6.07) is 27.8. The Balaban J connectivity index is 1.54. The Kier molecular flexibility index (Phi) is 7.79. The molecule has 0 fully saturated rings. The van der Waals surface area contributed by atoms with Gasteiger partial charge in [-0.25, -0.2) is 8.42 Å². The fourth-order valence-corrected chi connectivity index (χ4v) is 7.06. The van der Waals surface area contributed by atoms with Crippen LogP contribution in [0.1, 0.15) is 12.0 Å². The fourth-order valence-electron chi connectivity index (χ4n) is 3.60. The number of hydrogen-bond acceptors (Lipinski definition) is 4. The van der Waals surface area contributed by atoms with Crippen molar-refractivity contribution >= 4 is 33.5 Å². The van der Waals surface area contributed by atoms with Crippen LogP contribution < -0.4 is 0 Å². The molecule has 0 atom stereocenters. The van der Waals surface area contributed by atoms with Gasteiger partial charge in [0.25, 0.3) is 0 Å². The molecule has 6 heteroatoms. The molecule has 166 valence electrons. The van der Waals surface area contributed by atoms with Crippen molar-refractivity contribution in [2.24, 2.45) is 0 Å². The molecule has 3 aromatic carbocycles. The van der Waals surface area contributed by atoms with E-state index in [4.69, 9.17) is 0 Å². The monoisotopic (exact) mass is 481 g/mol. The topological polar surface area (TPSA) is 37.4 Å². The second-order valence-electron chi connectivity index (χ2n) is 7.81. The van der Waals surface area contributed by atoms with Gasteiger partial charge in [-0.15, -0.1) is 23.5 Å². The average Bonchev–Trinajstić information content (AvgIpc) is 2.83. The normalized spacial score (nSPS) is 15.2. The van der Waals surface area contributed by atoms with Crippen molar-refractivity contribution in [1.29, 1.82) is 0 Å². The third-order valence-electron chi connectivity index (χ3n) is 5.50. The summed E-state index contributed by atoms with van der Waals surface area (Å²) in [6.45, 7) is 2.96. The molecular weight excluding hydrogens is 454 g/mol. The van der Waals surface area contributed by atoms with Crippen molar-refractivity contribution < 1.29 is 8.42 Å². The molecular formula is C26H27NO2S3. The first kappa shape index (κ1) is 23.2. The van der Waals surface area contributed by atoms with Crippen LogP contribution in [0.5, 0.6) is 0 Å². The van der Waals surface area contributed by atoms with Crippen LogP contribution in [0.2, 0.25) is 0 Å². The van der Waals surface area contributed by atoms with E-state index in [1.54, 1.807) is 28.2 Å². The molecule has 0 radical (unpaired) electrons. The van der Waals surface area contributed by atoms with Gasteiger partial charge >= 0.3 is 0 Å². The molecule has 3 nitrogen and oxygen atoms in total. The van der Waals surface area contributed by atoms with E-state index < -0.39 is 10.0 Å². The number of sulfonamides is 1. The summed E-state index contributed by atoms with van der Waals surface area (Å²) in [7, 11) is -3.50. The average molecular weight is 482 g/mol. The summed E-state index contributed by atoms with van der Waals surface area (Å²) >= 11 is 3.60. The highest BCUT2D eigenvalue weighted by Crippen LogP contribution is 2.32. The molecule has 0 N–H and O–H groups in total. The summed E-state index contributed by atoms with van der Waals surface area (Å²) in [5, 5.41) is 0. The van der Waals surface area contributed by atoms with Gasteiger partial charge in [0.2, 0.25) is 10.0 Å². The first-order valence-electron chi connectivity index (χ1n) is 10.6. The quantitative estimate of drug-likeness (QED) is 0.281. The zero-order chi connectivity index (χ0) is 22.4. The maximum absolute atomic E-state index is 13.3. The lowest BCUT2D eigenvalue weighted by Gasteiger charge is -2.30. The molecule has 0 spiro atoms. The Morgan fingerprint density at radius 3 is 1.84 bits per heavy atom. The minimum absolute atomic E-state index is 0.375. The van der Waals surface area contributed by atoms with E-state index in [-0.39, 0.29) is 0 Å². The molecule has 4 rings (SSSR count). The largest absolute Gasteiger partial charge is 0.243 e. The van der Waals surface area contributed by atoms with E-state index in [2.05, 4.69) is 36.4 Å². The van der Waals surface area contributed by atoms with Gasteiger partial charge in [0.05, 0.1) is 4.90 Å². The van der Waals surface area contributed by atoms with Gasteiger partial charge in [-0.1, -0.05) is 59.7 Å². The van der Waals surface area contributed by atoms with E-state index in [0.29, 0.717) is 18.0 Å². The fraction of sp³-hybridized carbons (Fsp3) is 0.231. The van der Waals surface area contributed by atoms with Gasteiger partial charge in [0.15, 0.2) is 0 Å². The number of thioether (sulfide) groups is 2. The Morgan fingerprint density at radius 2 is 1.28 bits per heavy atom. The third-order valence-corrected chi connectivity index (χ3v) is 9.56. The zero-order valence-corrected chi connectivity index (χ0v) is 20.6. The number of benzene rings is 3. The van der Waals surface area contributed by atoms with E-state index >= 15 is 0 Å². The Bertz CT molecular complexity index is 1160. The van der Waals surface area contributed by atoms with Crippen molar-refractivity contribution in [3.8, 4) is 0 Å². The predicted octanol–water partition coefficient (Wildman–Crippen LogP) is 6.27. The summed E-state index contributed by atoms with van der Waals surface area (Å²) in [5.41, 5.74) is 3.66. The second-order valence-corrected chi connectivity index (χ2v) is 11.8. The third kappa shape index (κ3) is 5.87. The molecule has 1 aliphatic heterocycles. The van der Waals surface area contributed by atoms with Crippen molar-refractivity contribution in [1.82, 2.24) is 4.31 Å². The second kappa shape index (κ2) is 10.8. The molecule has 0 aromatic heterocycles. The first-order valence-corrected chi connectivity index (χ1v) is 14.1. The molecule has 0 bridgehead atoms. The highest BCUT2D eigenvalue weighted by Gasteiger charge is 2.29. The molecule has 3 aromatic rings. The Hall–Kier alpha value is -1.99. The van der Waals surface area contributed by atoms with Gasteiger partial charge in [0, 0.05) is 34.4 Å². The summed E-state index contributed by atoms with van der Waals surface area (Å²) in [6.07, 6.45) is 0.773. The van der Waals surface area contributed by atoms with Crippen LogP contribution in [0.25, 0.3) is 0 Å². The molecule has 0 aliphatic carbocycles. The highest BCUT2D eigenvalue weighted by atomic mass is 32.2. The van der Waals surface area contributed by atoms with E-state index in [1.807, 2.05) is 55.1 Å². The lowest BCUT2D eigenvalue weighted by atomic mass is 10.0. The number of aryl methyl sites for hydroxylation is 1. The van der Waals surface area contributed by atoms with Crippen LogP contribution in [0.4, 0.5) is 0 Å². The summed E-state index contributed by atoms with van der Waals surface area (Å²) in [5.74, 6) is 1.70. The molecule has 0 unspecified atom stereocenters. The minimum Gasteiger partial charge on any atom is -0.207 e. The minimum atomic E-state index is -3.50. The van der Waals surface area contributed by atoms with Crippen LogP contribution in [0.15, 0.2) is 111 Å². The van der Waals surface area contributed by atoms with Crippen molar-refractivity contribution in [3.05, 3.63) is 102 Å². The van der Waals surface area contributed by atoms with E-state index in [0.717, 1.165) is 23.5 Å². The smallest absolute Gasteiger partial charge is 0.207 e. The van der Waals surface area contributed by atoms with E-state index in [9.17, 15) is 8.42 Å². The zero-order valence-electron chi connectivity index (χ0n) is 18.1. The maximum Gasteiger partial charge on any atom is 0.243 e. The van der Waals surface area contributed by atoms with Crippen molar-refractivity contribution in [3.63, 3.8) is 0 Å². The molecule has 0 saturated carbocycles. The van der Waals surface area contributed by atoms with Gasteiger partial charge in [-0.3, -0.25) is 0 Å². The van der Waals surface area contributed by atoms with Crippen LogP contribution in [-0.2, 0) is 10.0 Å². The van der Waals surface area contributed by atoms with Gasteiger partial charge < -0.3 is 0 Å². The highest BCUT2D eigenvalue weighted by molar-refractivity contribution is 7.99. The molecule has 1 aliphatic rings. The molecule has 0 saturated heterocycles. The first-order chi connectivity index (χ1) is 15.5. The van der Waals surface area contributed by atoms with Crippen LogP contribution in [-0.4, -0.2) is 37.3 Å². The van der Waals surface area contributed by atoms with Crippen LogP contribution >= 0.6 is 23.5 Å². The molecule has 32 heavy (non-hydrogen) atoms. The summed E-state index contributed by atoms with van der Waals surface area (Å²) < 4.78 is 28.2. The number of rotatable bonds is 8. The Morgan fingerprint density at radius 1 is 0.750 bits per heavy atom. The molecule has 0 amide bonds. The van der Waals surface area contributed by atoms with Crippen molar-refractivity contribution in [2.45, 2.75) is 28.0 Å². The summed E-state index contributed by atoms with van der Waals surface area (Å²) in [4.78, 5) is 2.82. The van der Waals surface area contributed by atoms with Crippen LogP contribution in [0.3, 0.4) is 0 Å². The standard InChI is InChI=1S/C26H27NO2S3/c1-21-12-14-26(15-13-21)32(28,29)27-17-16-22(19-30-24-8-4-2-5-9-24)23(18-27)20-31-25-10-6-3-7-11-25/h2-15H,16-20H2,1H3. The predicted molar refractivity (Wildman–Crippen MR) is 136 cm³/mol. The van der Waals surface area contributed by atoms with Gasteiger partial charge in [-0.2, -0.15) is 4.31 Å². The van der Waals surface area contributed by atoms with Gasteiger partial charge in [-0.05, 0) is 55.3 Å². The Labute approximate surface area is 200 Å². The van der Waals surface area contributed by atoms with E-state index in [1.165, 1.54) is 20.9 Å².